The third-order valence-corrected chi connectivity index (χ3v) is 3.00. The van der Waals surface area contributed by atoms with E-state index in [4.69, 9.17) is 4.74 Å². The van der Waals surface area contributed by atoms with Gasteiger partial charge in [-0.25, -0.2) is 0 Å². The average Bonchev–Trinajstić information content (AvgIpc) is 2.39. The van der Waals surface area contributed by atoms with Gasteiger partial charge in [0.2, 0.25) is 0 Å². The number of aryl methyl sites for hydroxylation is 2. The van der Waals surface area contributed by atoms with Gasteiger partial charge in [-0.15, -0.1) is 0 Å². The van der Waals surface area contributed by atoms with Crippen molar-refractivity contribution in [3.05, 3.63) is 59.2 Å². The summed E-state index contributed by atoms with van der Waals surface area (Å²) in [6, 6.07) is 14.4. The number of nitrogens with one attached hydrogen (secondary N) is 1. The van der Waals surface area contributed by atoms with Crippen molar-refractivity contribution in [3.63, 3.8) is 0 Å². The lowest BCUT2D eigenvalue weighted by molar-refractivity contribution is 0.472. The quantitative estimate of drug-likeness (QED) is 0.864. The molecule has 2 heteroatoms. The van der Waals surface area contributed by atoms with Gasteiger partial charge in [0, 0.05) is 12.1 Å². The van der Waals surface area contributed by atoms with E-state index in [0.717, 1.165) is 24.6 Å². The molecule has 2 nitrogen and oxygen atoms in total. The molecule has 0 atom stereocenters. The molecular weight excluding hydrogens is 234 g/mol. The molecule has 0 aliphatic carbocycles. The molecule has 0 spiro atoms. The number of hydrogen-bond acceptors (Lipinski definition) is 2. The lowest BCUT2D eigenvalue weighted by atomic mass is 10.1. The minimum atomic E-state index is 0.833. The summed E-state index contributed by atoms with van der Waals surface area (Å²) >= 11 is 0. The summed E-state index contributed by atoms with van der Waals surface area (Å²) in [4.78, 5) is 0. The molecule has 2 aromatic rings. The first-order valence-corrected chi connectivity index (χ1v) is 6.74. The van der Waals surface area contributed by atoms with Gasteiger partial charge in [0.1, 0.15) is 11.5 Å². The Morgan fingerprint density at radius 1 is 1.00 bits per heavy atom. The Kier molecular flexibility index (Phi) is 4.58. The van der Waals surface area contributed by atoms with Crippen molar-refractivity contribution in [3.8, 4) is 11.5 Å². The number of benzene rings is 2. The van der Waals surface area contributed by atoms with E-state index in [1.165, 1.54) is 16.7 Å². The lowest BCUT2D eigenvalue weighted by Gasteiger charge is -2.13. The molecule has 0 unspecified atom stereocenters. The maximum atomic E-state index is 6.00. The summed E-state index contributed by atoms with van der Waals surface area (Å²) in [5, 5.41) is 3.35. The third kappa shape index (κ3) is 3.83. The number of ether oxygens (including phenoxy) is 1. The fourth-order valence-corrected chi connectivity index (χ4v) is 2.01. The zero-order valence-corrected chi connectivity index (χ0v) is 11.9. The highest BCUT2D eigenvalue weighted by atomic mass is 16.5. The van der Waals surface area contributed by atoms with Gasteiger partial charge < -0.3 is 10.1 Å². The van der Waals surface area contributed by atoms with Crippen molar-refractivity contribution in [1.82, 2.24) is 5.32 Å². The molecule has 0 aliphatic heterocycles. The van der Waals surface area contributed by atoms with Gasteiger partial charge in [-0.3, -0.25) is 0 Å². The molecule has 0 saturated carbocycles. The van der Waals surface area contributed by atoms with Crippen molar-refractivity contribution in [2.75, 3.05) is 6.54 Å². The van der Waals surface area contributed by atoms with Crippen molar-refractivity contribution < 1.29 is 4.74 Å². The van der Waals surface area contributed by atoms with Crippen LogP contribution >= 0.6 is 0 Å². The molecule has 0 aromatic heterocycles. The molecule has 0 fully saturated rings. The average molecular weight is 255 g/mol. The van der Waals surface area contributed by atoms with Crippen LogP contribution in [-0.4, -0.2) is 6.54 Å². The van der Waals surface area contributed by atoms with Crippen LogP contribution in [0.3, 0.4) is 0 Å². The van der Waals surface area contributed by atoms with Gasteiger partial charge in [0.15, 0.2) is 0 Å². The Labute approximate surface area is 115 Å². The second-order valence-corrected chi connectivity index (χ2v) is 4.81. The van der Waals surface area contributed by atoms with E-state index in [9.17, 15) is 0 Å². The molecule has 2 aromatic carbocycles. The zero-order valence-electron chi connectivity index (χ0n) is 11.9. The molecule has 19 heavy (non-hydrogen) atoms. The number of hydrogen-bond donors (Lipinski definition) is 1. The van der Waals surface area contributed by atoms with Crippen LogP contribution < -0.4 is 10.1 Å². The van der Waals surface area contributed by atoms with Crippen LogP contribution in [0.1, 0.15) is 23.6 Å². The minimum Gasteiger partial charge on any atom is -0.457 e. The van der Waals surface area contributed by atoms with Crippen LogP contribution in [0.2, 0.25) is 0 Å². The van der Waals surface area contributed by atoms with E-state index >= 15 is 0 Å². The summed E-state index contributed by atoms with van der Waals surface area (Å²) in [7, 11) is 0. The Morgan fingerprint density at radius 2 is 1.79 bits per heavy atom. The van der Waals surface area contributed by atoms with E-state index in [0.29, 0.717) is 0 Å². The highest BCUT2D eigenvalue weighted by molar-refractivity contribution is 5.41. The van der Waals surface area contributed by atoms with E-state index in [-0.39, 0.29) is 0 Å². The largest absolute Gasteiger partial charge is 0.457 e. The van der Waals surface area contributed by atoms with Crippen LogP contribution in [0.15, 0.2) is 42.5 Å². The summed E-state index contributed by atoms with van der Waals surface area (Å²) < 4.78 is 6.00. The van der Waals surface area contributed by atoms with Gasteiger partial charge in [-0.2, -0.15) is 0 Å². The molecule has 2 rings (SSSR count). The van der Waals surface area contributed by atoms with E-state index < -0.39 is 0 Å². The van der Waals surface area contributed by atoms with Crippen LogP contribution in [0.25, 0.3) is 0 Å². The highest BCUT2D eigenvalue weighted by Crippen LogP contribution is 2.26. The second-order valence-electron chi connectivity index (χ2n) is 4.81. The maximum Gasteiger partial charge on any atom is 0.131 e. The van der Waals surface area contributed by atoms with Crippen LogP contribution in [0, 0.1) is 13.8 Å². The van der Waals surface area contributed by atoms with Gasteiger partial charge in [-0.1, -0.05) is 36.8 Å². The third-order valence-electron chi connectivity index (χ3n) is 3.00. The monoisotopic (exact) mass is 255 g/mol. The predicted molar refractivity (Wildman–Crippen MR) is 79.8 cm³/mol. The standard InChI is InChI=1S/C17H21NO/c1-4-18-12-15-10-14(3)8-9-17(15)19-16-7-5-6-13(2)11-16/h5-11,18H,4,12H2,1-3H3. The van der Waals surface area contributed by atoms with E-state index in [2.05, 4.69) is 50.4 Å². The summed E-state index contributed by atoms with van der Waals surface area (Å²) in [6.07, 6.45) is 0. The van der Waals surface area contributed by atoms with Gasteiger partial charge in [0.05, 0.1) is 0 Å². The number of rotatable bonds is 5. The molecule has 0 aliphatic rings. The molecule has 0 bridgehead atoms. The van der Waals surface area contributed by atoms with Crippen molar-refractivity contribution >= 4 is 0 Å². The molecule has 100 valence electrons. The summed E-state index contributed by atoms with van der Waals surface area (Å²) in [5.74, 6) is 1.82. The normalized spacial score (nSPS) is 10.5. The van der Waals surface area contributed by atoms with E-state index in [1.807, 2.05) is 18.2 Å². The van der Waals surface area contributed by atoms with Gasteiger partial charge >= 0.3 is 0 Å². The van der Waals surface area contributed by atoms with Crippen LogP contribution in [0.5, 0.6) is 11.5 Å². The zero-order chi connectivity index (χ0) is 13.7. The highest BCUT2D eigenvalue weighted by Gasteiger charge is 2.05. The molecular formula is C17H21NO. The SMILES string of the molecule is CCNCc1cc(C)ccc1Oc1cccc(C)c1. The maximum absolute atomic E-state index is 6.00. The fraction of sp³-hybridized carbons (Fsp3) is 0.294. The van der Waals surface area contributed by atoms with Gasteiger partial charge in [0.25, 0.3) is 0 Å². The summed E-state index contributed by atoms with van der Waals surface area (Å²) in [5.41, 5.74) is 3.66. The second kappa shape index (κ2) is 6.39. The van der Waals surface area contributed by atoms with Gasteiger partial charge in [-0.05, 0) is 44.2 Å². The first kappa shape index (κ1) is 13.6. The van der Waals surface area contributed by atoms with Crippen molar-refractivity contribution in [1.29, 1.82) is 0 Å². The molecule has 1 N–H and O–H groups in total. The van der Waals surface area contributed by atoms with Crippen molar-refractivity contribution in [2.24, 2.45) is 0 Å². The van der Waals surface area contributed by atoms with E-state index in [1.54, 1.807) is 0 Å². The smallest absolute Gasteiger partial charge is 0.131 e. The topological polar surface area (TPSA) is 21.3 Å². The fourth-order valence-electron chi connectivity index (χ4n) is 2.01. The first-order chi connectivity index (χ1) is 9.19. The Bertz CT molecular complexity index is 549. The first-order valence-electron chi connectivity index (χ1n) is 6.74. The Balaban J connectivity index is 2.23. The Morgan fingerprint density at radius 3 is 2.53 bits per heavy atom. The molecule has 0 amide bonds. The predicted octanol–water partition coefficient (Wildman–Crippen LogP) is 4.21. The van der Waals surface area contributed by atoms with Crippen molar-refractivity contribution in [2.45, 2.75) is 27.3 Å². The molecule has 0 heterocycles. The Hall–Kier alpha value is -1.80. The molecule has 0 radical (unpaired) electrons. The molecule has 0 saturated heterocycles. The van der Waals surface area contributed by atoms with Crippen LogP contribution in [0.4, 0.5) is 0 Å². The summed E-state index contributed by atoms with van der Waals surface area (Å²) in [6.45, 7) is 8.07. The van der Waals surface area contributed by atoms with Crippen LogP contribution in [-0.2, 0) is 6.54 Å². The lowest BCUT2D eigenvalue weighted by Crippen LogP contribution is -2.12. The minimum absolute atomic E-state index is 0.833.